The molecule has 0 N–H and O–H groups in total. The number of likely N-dealkylation sites (tertiary alicyclic amines) is 1. The number of piperidine rings is 1. The van der Waals surface area contributed by atoms with E-state index in [0.29, 0.717) is 37.4 Å². The summed E-state index contributed by atoms with van der Waals surface area (Å²) >= 11 is 0. The summed E-state index contributed by atoms with van der Waals surface area (Å²) in [5.74, 6) is 1.36. The topological polar surface area (TPSA) is 38.8 Å². The fourth-order valence-electron chi connectivity index (χ4n) is 2.22. The Morgan fingerprint density at radius 3 is 2.50 bits per heavy atom. The number of amides is 1. The second kappa shape index (κ2) is 8.48. The molecule has 0 radical (unpaired) electrons. The molecule has 0 aromatic rings. The van der Waals surface area contributed by atoms with Crippen molar-refractivity contribution in [2.24, 2.45) is 11.8 Å². The fourth-order valence-corrected chi connectivity index (χ4v) is 2.22. The van der Waals surface area contributed by atoms with Crippen molar-refractivity contribution in [3.63, 3.8) is 0 Å². The molecule has 0 aliphatic carbocycles. The first-order chi connectivity index (χ1) is 8.63. The van der Waals surface area contributed by atoms with Crippen molar-refractivity contribution in [3.05, 3.63) is 0 Å². The average molecular weight is 257 g/mol. The molecule has 0 saturated carbocycles. The van der Waals surface area contributed by atoms with E-state index in [2.05, 4.69) is 13.8 Å². The average Bonchev–Trinajstić information content (AvgIpc) is 2.34. The highest BCUT2D eigenvalue weighted by molar-refractivity contribution is 5.76. The van der Waals surface area contributed by atoms with E-state index in [9.17, 15) is 4.79 Å². The maximum Gasteiger partial charge on any atom is 0.222 e. The molecule has 1 aliphatic heterocycles. The molecule has 4 heteroatoms. The molecule has 1 heterocycles. The monoisotopic (exact) mass is 257 g/mol. The second-order valence-corrected chi connectivity index (χ2v) is 5.49. The van der Waals surface area contributed by atoms with E-state index >= 15 is 0 Å². The lowest BCUT2D eigenvalue weighted by molar-refractivity contribution is -0.133. The number of ether oxygens (including phenoxy) is 2. The summed E-state index contributed by atoms with van der Waals surface area (Å²) in [6.07, 6.45) is 2.81. The van der Waals surface area contributed by atoms with Crippen LogP contribution in [0.2, 0.25) is 0 Å². The predicted octanol–water partition coefficient (Wildman–Crippen LogP) is 1.93. The molecule has 1 amide bonds. The van der Waals surface area contributed by atoms with Crippen LogP contribution in [0.1, 0.15) is 33.1 Å². The molecule has 4 nitrogen and oxygen atoms in total. The Bertz CT molecular complexity index is 235. The van der Waals surface area contributed by atoms with Crippen molar-refractivity contribution in [2.75, 3.05) is 40.0 Å². The summed E-state index contributed by atoms with van der Waals surface area (Å²) in [6.45, 7) is 8.10. The van der Waals surface area contributed by atoms with E-state index in [1.54, 1.807) is 7.11 Å². The SMILES string of the molecule is COCCOCC1CCN(C(=O)CC(C)C)CC1. The Hall–Kier alpha value is -0.610. The largest absolute Gasteiger partial charge is 0.382 e. The number of hydrogen-bond acceptors (Lipinski definition) is 3. The lowest BCUT2D eigenvalue weighted by Gasteiger charge is -2.32. The summed E-state index contributed by atoms with van der Waals surface area (Å²) in [7, 11) is 1.68. The summed E-state index contributed by atoms with van der Waals surface area (Å²) in [6, 6.07) is 0. The molecule has 106 valence electrons. The van der Waals surface area contributed by atoms with Gasteiger partial charge in [-0.2, -0.15) is 0 Å². The maximum atomic E-state index is 11.9. The van der Waals surface area contributed by atoms with E-state index in [4.69, 9.17) is 9.47 Å². The van der Waals surface area contributed by atoms with Crippen LogP contribution < -0.4 is 0 Å². The van der Waals surface area contributed by atoms with Crippen LogP contribution in [-0.2, 0) is 14.3 Å². The van der Waals surface area contributed by atoms with Gasteiger partial charge in [0.15, 0.2) is 0 Å². The van der Waals surface area contributed by atoms with Crippen LogP contribution in [-0.4, -0.2) is 50.8 Å². The third-order valence-electron chi connectivity index (χ3n) is 3.34. The Morgan fingerprint density at radius 1 is 1.28 bits per heavy atom. The van der Waals surface area contributed by atoms with Gasteiger partial charge in [-0.25, -0.2) is 0 Å². The molecule has 0 spiro atoms. The van der Waals surface area contributed by atoms with Crippen LogP contribution in [0.3, 0.4) is 0 Å². The highest BCUT2D eigenvalue weighted by Gasteiger charge is 2.22. The Morgan fingerprint density at radius 2 is 1.94 bits per heavy atom. The lowest BCUT2D eigenvalue weighted by atomic mass is 9.97. The van der Waals surface area contributed by atoms with Gasteiger partial charge >= 0.3 is 0 Å². The molecule has 0 unspecified atom stereocenters. The van der Waals surface area contributed by atoms with Gasteiger partial charge in [-0.3, -0.25) is 4.79 Å². The normalized spacial score (nSPS) is 17.4. The molecule has 0 aromatic carbocycles. The Labute approximate surface area is 111 Å². The van der Waals surface area contributed by atoms with Crippen molar-refractivity contribution in [1.29, 1.82) is 0 Å². The highest BCUT2D eigenvalue weighted by Crippen LogP contribution is 2.19. The quantitative estimate of drug-likeness (QED) is 0.654. The molecule has 0 bridgehead atoms. The number of carbonyl (C=O) groups excluding carboxylic acids is 1. The van der Waals surface area contributed by atoms with Gasteiger partial charge in [0.2, 0.25) is 5.91 Å². The molecule has 0 aromatic heterocycles. The van der Waals surface area contributed by atoms with Gasteiger partial charge in [-0.1, -0.05) is 13.8 Å². The molecule has 1 rings (SSSR count). The molecular weight excluding hydrogens is 230 g/mol. The third-order valence-corrected chi connectivity index (χ3v) is 3.34. The molecule has 0 atom stereocenters. The van der Waals surface area contributed by atoms with Crippen LogP contribution in [0.4, 0.5) is 0 Å². The van der Waals surface area contributed by atoms with E-state index in [1.165, 1.54) is 0 Å². The zero-order chi connectivity index (χ0) is 13.4. The number of methoxy groups -OCH3 is 1. The standard InChI is InChI=1S/C14H27NO3/c1-12(2)10-14(16)15-6-4-13(5-7-15)11-18-9-8-17-3/h12-13H,4-11H2,1-3H3. The van der Waals surface area contributed by atoms with Crippen molar-refractivity contribution in [1.82, 2.24) is 4.90 Å². The number of carbonyl (C=O) groups is 1. The van der Waals surface area contributed by atoms with E-state index in [-0.39, 0.29) is 0 Å². The van der Waals surface area contributed by atoms with Crippen molar-refractivity contribution in [2.45, 2.75) is 33.1 Å². The van der Waals surface area contributed by atoms with Gasteiger partial charge in [0.25, 0.3) is 0 Å². The molecule has 18 heavy (non-hydrogen) atoms. The zero-order valence-corrected chi connectivity index (χ0v) is 12.0. The van der Waals surface area contributed by atoms with E-state index in [1.807, 2.05) is 4.90 Å². The summed E-state index contributed by atoms with van der Waals surface area (Å²) in [5.41, 5.74) is 0. The number of rotatable bonds is 7. The first-order valence-corrected chi connectivity index (χ1v) is 6.98. The number of nitrogens with zero attached hydrogens (tertiary/aromatic N) is 1. The Kier molecular flexibility index (Phi) is 7.28. The predicted molar refractivity (Wildman–Crippen MR) is 71.5 cm³/mol. The number of hydrogen-bond donors (Lipinski definition) is 0. The lowest BCUT2D eigenvalue weighted by Crippen LogP contribution is -2.39. The van der Waals surface area contributed by atoms with Gasteiger partial charge < -0.3 is 14.4 Å². The molecule has 1 saturated heterocycles. The van der Waals surface area contributed by atoms with Crippen LogP contribution in [0.15, 0.2) is 0 Å². The van der Waals surface area contributed by atoms with Crippen LogP contribution in [0.5, 0.6) is 0 Å². The van der Waals surface area contributed by atoms with Crippen LogP contribution in [0.25, 0.3) is 0 Å². The van der Waals surface area contributed by atoms with Gasteiger partial charge in [0.05, 0.1) is 13.2 Å². The van der Waals surface area contributed by atoms with Gasteiger partial charge in [0, 0.05) is 33.2 Å². The second-order valence-electron chi connectivity index (χ2n) is 5.49. The third kappa shape index (κ3) is 5.83. The van der Waals surface area contributed by atoms with E-state index < -0.39 is 0 Å². The first-order valence-electron chi connectivity index (χ1n) is 6.98. The fraction of sp³-hybridized carbons (Fsp3) is 0.929. The summed E-state index contributed by atoms with van der Waals surface area (Å²) in [4.78, 5) is 13.9. The first kappa shape index (κ1) is 15.4. The molecule has 1 fully saturated rings. The van der Waals surface area contributed by atoms with Gasteiger partial charge in [-0.05, 0) is 24.7 Å². The van der Waals surface area contributed by atoms with Crippen LogP contribution >= 0.6 is 0 Å². The maximum absolute atomic E-state index is 11.9. The minimum atomic E-state index is 0.309. The van der Waals surface area contributed by atoms with Gasteiger partial charge in [0.1, 0.15) is 0 Å². The van der Waals surface area contributed by atoms with Crippen LogP contribution in [0, 0.1) is 11.8 Å². The molecular formula is C14H27NO3. The Balaban J connectivity index is 2.14. The molecule has 1 aliphatic rings. The van der Waals surface area contributed by atoms with Gasteiger partial charge in [-0.15, -0.1) is 0 Å². The summed E-state index contributed by atoms with van der Waals surface area (Å²) in [5, 5.41) is 0. The summed E-state index contributed by atoms with van der Waals surface area (Å²) < 4.78 is 10.5. The smallest absolute Gasteiger partial charge is 0.222 e. The van der Waals surface area contributed by atoms with Crippen molar-refractivity contribution >= 4 is 5.91 Å². The van der Waals surface area contributed by atoms with Crippen molar-refractivity contribution in [3.8, 4) is 0 Å². The minimum Gasteiger partial charge on any atom is -0.382 e. The zero-order valence-electron chi connectivity index (χ0n) is 12.0. The minimum absolute atomic E-state index is 0.309. The highest BCUT2D eigenvalue weighted by atomic mass is 16.5. The van der Waals surface area contributed by atoms with Crippen molar-refractivity contribution < 1.29 is 14.3 Å². The van der Waals surface area contributed by atoms with E-state index in [0.717, 1.165) is 32.5 Å².